The van der Waals surface area contributed by atoms with Gasteiger partial charge in [0, 0.05) is 28.5 Å². The molecule has 2 aromatic carbocycles. The van der Waals surface area contributed by atoms with Crippen LogP contribution in [0.25, 0.3) is 5.57 Å². The monoisotopic (exact) mass is 360 g/mol. The molecule has 0 bridgehead atoms. The van der Waals surface area contributed by atoms with Crippen molar-refractivity contribution < 1.29 is 14.3 Å². The summed E-state index contributed by atoms with van der Waals surface area (Å²) in [6.45, 7) is 5.27. The smallest absolute Gasteiger partial charge is 0.357 e. The number of nitrogens with zero attached hydrogens (tertiary/aromatic N) is 2. The van der Waals surface area contributed by atoms with E-state index in [1.165, 1.54) is 0 Å². The Balaban J connectivity index is 1.60. The second-order valence-electron chi connectivity index (χ2n) is 7.22. The van der Waals surface area contributed by atoms with Crippen LogP contribution in [0.4, 0.5) is 11.4 Å². The highest BCUT2D eigenvalue weighted by Gasteiger charge is 2.27. The van der Waals surface area contributed by atoms with E-state index in [1.807, 2.05) is 31.2 Å². The van der Waals surface area contributed by atoms with Crippen molar-refractivity contribution in [3.8, 4) is 0 Å². The van der Waals surface area contributed by atoms with Crippen LogP contribution in [0.1, 0.15) is 25.3 Å². The lowest BCUT2D eigenvalue weighted by atomic mass is 10.0. The van der Waals surface area contributed by atoms with Crippen LogP contribution in [0.15, 0.2) is 40.3 Å². The molecule has 0 saturated carbocycles. The summed E-state index contributed by atoms with van der Waals surface area (Å²) >= 11 is 0. The Kier molecular flexibility index (Phi) is 3.72. The average molecular weight is 360 g/mol. The number of aliphatic imine (C=N–C) groups is 1. The zero-order valence-corrected chi connectivity index (χ0v) is 15.4. The summed E-state index contributed by atoms with van der Waals surface area (Å²) in [4.78, 5) is 22.2. The molecule has 1 fully saturated rings. The standard InChI is InChI=1S/C22H20N2O3/c1-12-19-13(2)21(22(25)27-14-7-9-26-10-8-14)24-18(19)11-16-15-5-3-4-6-17(15)23-20(12)16/h3-6,11,14H,7-10H2,1-2H3. The van der Waals surface area contributed by atoms with Crippen LogP contribution in [0.2, 0.25) is 0 Å². The first kappa shape index (κ1) is 16.4. The molecule has 0 aromatic heterocycles. The number of benzene rings is 2. The van der Waals surface area contributed by atoms with Gasteiger partial charge in [0.05, 0.1) is 29.9 Å². The third-order valence-corrected chi connectivity index (χ3v) is 5.55. The summed E-state index contributed by atoms with van der Waals surface area (Å²) in [5.74, 6) is -0.340. The summed E-state index contributed by atoms with van der Waals surface area (Å²) < 4.78 is 11.0. The minimum absolute atomic E-state index is 0.0848. The van der Waals surface area contributed by atoms with Gasteiger partial charge in [-0.1, -0.05) is 18.2 Å². The number of hydrogen-bond acceptors (Lipinski definition) is 5. The number of esters is 1. The molecule has 0 atom stereocenters. The first-order valence-electron chi connectivity index (χ1n) is 9.34. The van der Waals surface area contributed by atoms with E-state index >= 15 is 0 Å². The minimum Gasteiger partial charge on any atom is -0.457 e. The van der Waals surface area contributed by atoms with E-state index in [0.717, 1.165) is 56.4 Å². The fourth-order valence-electron chi connectivity index (χ4n) is 4.14. The van der Waals surface area contributed by atoms with Crippen molar-refractivity contribution in [3.63, 3.8) is 0 Å². The molecular weight excluding hydrogens is 340 g/mol. The molecule has 5 heteroatoms. The highest BCUT2D eigenvalue weighted by molar-refractivity contribution is 6.53. The topological polar surface area (TPSA) is 60.2 Å². The van der Waals surface area contributed by atoms with E-state index in [4.69, 9.17) is 14.5 Å². The van der Waals surface area contributed by atoms with E-state index in [1.54, 1.807) is 0 Å². The maximum absolute atomic E-state index is 12.7. The molecule has 0 aliphatic carbocycles. The van der Waals surface area contributed by atoms with Gasteiger partial charge in [-0.05, 0) is 37.1 Å². The van der Waals surface area contributed by atoms with Gasteiger partial charge in [0.15, 0.2) is 5.71 Å². The molecule has 2 aromatic rings. The van der Waals surface area contributed by atoms with E-state index in [9.17, 15) is 4.79 Å². The molecule has 3 heterocycles. The van der Waals surface area contributed by atoms with E-state index in [0.29, 0.717) is 18.9 Å². The average Bonchev–Trinajstić information content (AvgIpc) is 3.22. The van der Waals surface area contributed by atoms with Gasteiger partial charge in [-0.3, -0.25) is 0 Å². The highest BCUT2D eigenvalue weighted by atomic mass is 16.6. The van der Waals surface area contributed by atoms with E-state index < -0.39 is 0 Å². The van der Waals surface area contributed by atoms with Gasteiger partial charge in [-0.15, -0.1) is 0 Å². The Labute approximate surface area is 156 Å². The molecule has 0 unspecified atom stereocenters. The SMILES string of the molecule is CC1=c2c(cc3c(c2C)N=c2ccccc2=3)N=C1C(=O)OC1CCOCC1. The minimum atomic E-state index is -0.340. The fourth-order valence-corrected chi connectivity index (χ4v) is 4.14. The summed E-state index contributed by atoms with van der Waals surface area (Å²) in [5, 5.41) is 4.19. The van der Waals surface area contributed by atoms with Crippen LogP contribution in [0.3, 0.4) is 0 Å². The Bertz CT molecular complexity index is 1220. The van der Waals surface area contributed by atoms with Crippen molar-refractivity contribution in [2.75, 3.05) is 13.2 Å². The van der Waals surface area contributed by atoms with Crippen LogP contribution in [0, 0.1) is 17.4 Å². The number of hydrogen-bond donors (Lipinski definition) is 0. The molecule has 0 amide bonds. The Morgan fingerprint density at radius 2 is 1.89 bits per heavy atom. The molecule has 3 aliphatic heterocycles. The van der Waals surface area contributed by atoms with Gasteiger partial charge in [-0.2, -0.15) is 0 Å². The normalized spacial score (nSPS) is 17.7. The summed E-state index contributed by atoms with van der Waals surface area (Å²) in [7, 11) is 0. The predicted octanol–water partition coefficient (Wildman–Crippen LogP) is 2.53. The van der Waals surface area contributed by atoms with Gasteiger partial charge < -0.3 is 9.47 Å². The lowest BCUT2D eigenvalue weighted by molar-refractivity contribution is -0.144. The summed E-state index contributed by atoms with van der Waals surface area (Å²) in [6.07, 6.45) is 1.40. The van der Waals surface area contributed by atoms with Crippen molar-refractivity contribution in [1.82, 2.24) is 0 Å². The molecule has 0 spiro atoms. The van der Waals surface area contributed by atoms with Crippen LogP contribution in [-0.4, -0.2) is 31.0 Å². The quantitative estimate of drug-likeness (QED) is 0.660. The number of rotatable bonds is 2. The first-order chi connectivity index (χ1) is 13.1. The Morgan fingerprint density at radius 3 is 2.70 bits per heavy atom. The molecule has 5 nitrogen and oxygen atoms in total. The number of ether oxygens (including phenoxy) is 2. The Morgan fingerprint density at radius 1 is 1.11 bits per heavy atom. The number of fused-ring (bicyclic) bond motifs is 3. The predicted molar refractivity (Wildman–Crippen MR) is 102 cm³/mol. The van der Waals surface area contributed by atoms with Crippen LogP contribution >= 0.6 is 0 Å². The molecule has 0 N–H and O–H groups in total. The van der Waals surface area contributed by atoms with Crippen molar-refractivity contribution in [3.05, 3.63) is 56.9 Å². The van der Waals surface area contributed by atoms with Crippen molar-refractivity contribution in [2.45, 2.75) is 32.8 Å². The molecule has 27 heavy (non-hydrogen) atoms. The lowest BCUT2D eigenvalue weighted by Crippen LogP contribution is -2.29. The molecule has 136 valence electrons. The Hall–Kier alpha value is -2.79. The maximum Gasteiger partial charge on any atom is 0.357 e. The van der Waals surface area contributed by atoms with Crippen molar-refractivity contribution in [1.29, 1.82) is 0 Å². The molecular formula is C22H20N2O3. The highest BCUT2D eigenvalue weighted by Crippen LogP contribution is 2.28. The van der Waals surface area contributed by atoms with Gasteiger partial charge in [0.25, 0.3) is 0 Å². The first-order valence-corrected chi connectivity index (χ1v) is 9.34. The van der Waals surface area contributed by atoms with Crippen LogP contribution < -0.4 is 10.6 Å². The summed E-state index contributed by atoms with van der Waals surface area (Å²) in [5.41, 5.74) is 4.15. The van der Waals surface area contributed by atoms with Crippen molar-refractivity contribution in [2.24, 2.45) is 9.98 Å². The van der Waals surface area contributed by atoms with Gasteiger partial charge >= 0.3 is 5.97 Å². The van der Waals surface area contributed by atoms with Crippen molar-refractivity contribution >= 4 is 28.6 Å². The third-order valence-electron chi connectivity index (χ3n) is 5.55. The molecule has 1 saturated heterocycles. The zero-order valence-electron chi connectivity index (χ0n) is 15.4. The van der Waals surface area contributed by atoms with Crippen LogP contribution in [0.5, 0.6) is 0 Å². The lowest BCUT2D eigenvalue weighted by Gasteiger charge is -2.22. The molecule has 3 aliphatic rings. The second kappa shape index (κ2) is 6.13. The van der Waals surface area contributed by atoms with E-state index in [2.05, 4.69) is 18.0 Å². The van der Waals surface area contributed by atoms with Gasteiger partial charge in [-0.25, -0.2) is 14.8 Å². The second-order valence-corrected chi connectivity index (χ2v) is 7.22. The van der Waals surface area contributed by atoms with Gasteiger partial charge in [0.1, 0.15) is 6.10 Å². The largest absolute Gasteiger partial charge is 0.457 e. The fraction of sp³-hybridized carbons (Fsp3) is 0.318. The molecule has 5 rings (SSSR count). The number of carbonyl (C=O) groups excluding carboxylic acids is 1. The van der Waals surface area contributed by atoms with Gasteiger partial charge in [0.2, 0.25) is 0 Å². The number of carbonyl (C=O) groups is 1. The van der Waals surface area contributed by atoms with E-state index in [-0.39, 0.29) is 12.1 Å². The third kappa shape index (κ3) is 2.53. The number of para-hydroxylation sites is 1. The zero-order chi connectivity index (χ0) is 18.5. The maximum atomic E-state index is 12.7. The van der Waals surface area contributed by atoms with Crippen LogP contribution in [-0.2, 0) is 14.3 Å². The molecule has 0 radical (unpaired) electrons. The summed E-state index contributed by atoms with van der Waals surface area (Å²) in [6, 6.07) is 10.2.